The van der Waals surface area contributed by atoms with Crippen LogP contribution in [-0.4, -0.2) is 40.0 Å². The van der Waals surface area contributed by atoms with Crippen molar-refractivity contribution in [2.24, 2.45) is 0 Å². The fraction of sp³-hybridized carbons (Fsp3) is 0.407. The number of ketones is 1. The molecule has 0 bridgehead atoms. The summed E-state index contributed by atoms with van der Waals surface area (Å²) < 4.78 is 31.6. The summed E-state index contributed by atoms with van der Waals surface area (Å²) in [5, 5.41) is 0. The summed E-state index contributed by atoms with van der Waals surface area (Å²) in [6.07, 6.45) is 5.74. The second-order valence-corrected chi connectivity index (χ2v) is 12.1. The first-order valence-corrected chi connectivity index (χ1v) is 13.6. The van der Waals surface area contributed by atoms with E-state index in [0.717, 1.165) is 40.8 Å². The first-order valence-electron chi connectivity index (χ1n) is 11.7. The van der Waals surface area contributed by atoms with Crippen molar-refractivity contribution in [1.29, 1.82) is 0 Å². The second-order valence-electron chi connectivity index (χ2n) is 10.3. The number of nitrogens with zero attached hydrogens (tertiary/aromatic N) is 1. The van der Waals surface area contributed by atoms with Gasteiger partial charge in [-0.3, -0.25) is 14.5 Å². The summed E-state index contributed by atoms with van der Waals surface area (Å²) in [5.41, 5.74) is 5.57. The molecule has 4 rings (SSSR count). The van der Waals surface area contributed by atoms with E-state index >= 15 is 0 Å². The van der Waals surface area contributed by atoms with Crippen LogP contribution in [0.5, 0.6) is 5.75 Å². The number of nitrogens with one attached hydrogen (secondary N) is 1. The number of carbonyl (C=O) groups excluding carboxylic acids is 2. The number of hydrogen-bond acceptors (Lipinski definition) is 5. The lowest BCUT2D eigenvalue weighted by Gasteiger charge is -2.28. The first kappa shape index (κ1) is 25.1. The molecule has 1 N–H and O–H groups in total. The van der Waals surface area contributed by atoms with Gasteiger partial charge in [0.2, 0.25) is 15.9 Å². The van der Waals surface area contributed by atoms with Crippen molar-refractivity contribution in [1.82, 2.24) is 4.72 Å². The van der Waals surface area contributed by atoms with Gasteiger partial charge in [-0.15, -0.1) is 0 Å². The highest BCUT2D eigenvalue weighted by Gasteiger charge is 2.29. The van der Waals surface area contributed by atoms with Gasteiger partial charge in [-0.2, -0.15) is 0 Å². The topological polar surface area (TPSA) is 92.8 Å². The van der Waals surface area contributed by atoms with E-state index in [4.69, 9.17) is 4.74 Å². The molecule has 1 atom stereocenters. The quantitative estimate of drug-likeness (QED) is 0.609. The Labute approximate surface area is 207 Å². The molecule has 1 heterocycles. The first-order chi connectivity index (χ1) is 16.4. The fourth-order valence-corrected chi connectivity index (χ4v) is 5.35. The molecule has 2 aromatic carbocycles. The summed E-state index contributed by atoms with van der Waals surface area (Å²) >= 11 is 0. The lowest BCUT2D eigenvalue weighted by molar-refractivity contribution is -0.124. The van der Waals surface area contributed by atoms with Crippen LogP contribution >= 0.6 is 0 Å². The Bertz CT molecular complexity index is 1320. The molecule has 0 aromatic heterocycles. The number of carbonyl (C=O) groups is 2. The third-order valence-corrected chi connectivity index (χ3v) is 7.31. The number of fused-ring (bicyclic) bond motifs is 1. The number of amides is 1. The predicted molar refractivity (Wildman–Crippen MR) is 137 cm³/mol. The average molecular weight is 497 g/mol. The van der Waals surface area contributed by atoms with Gasteiger partial charge in [-0.1, -0.05) is 39.0 Å². The van der Waals surface area contributed by atoms with Crippen LogP contribution in [0.2, 0.25) is 0 Å². The number of hydrogen-bond donors (Lipinski definition) is 1. The maximum absolute atomic E-state index is 12.7. The smallest absolute Gasteiger partial charge is 0.238 e. The standard InChI is InChI=1S/C27H32N2O5S/c1-27(2,3)24-14-20(29-11-10-21(30)15-25(29)31)13-23(26(24)34-4)18-8-9-22-17(12-18)6-7-19(22)16-28-35(5,32)33/h8-14,19,28H,6-7,15-16H2,1-5H3/t19-/m1/s1. The molecule has 2 aromatic rings. The van der Waals surface area contributed by atoms with Crippen molar-refractivity contribution >= 4 is 27.4 Å². The molecule has 186 valence electrons. The number of aryl methyl sites for hydroxylation is 1. The minimum absolute atomic E-state index is 0.140. The molecular formula is C27H32N2O5S. The highest BCUT2D eigenvalue weighted by molar-refractivity contribution is 7.88. The molecule has 0 saturated heterocycles. The number of ether oxygens (including phenoxy) is 1. The summed E-state index contributed by atoms with van der Waals surface area (Å²) in [5.74, 6) is 0.429. The van der Waals surface area contributed by atoms with E-state index in [9.17, 15) is 18.0 Å². The van der Waals surface area contributed by atoms with Crippen molar-refractivity contribution in [3.05, 3.63) is 59.3 Å². The lowest BCUT2D eigenvalue weighted by atomic mass is 9.83. The molecule has 1 aliphatic heterocycles. The van der Waals surface area contributed by atoms with Crippen molar-refractivity contribution in [3.8, 4) is 16.9 Å². The molecule has 8 heteroatoms. The van der Waals surface area contributed by atoms with Crippen molar-refractivity contribution in [2.45, 2.75) is 51.4 Å². The van der Waals surface area contributed by atoms with E-state index in [-0.39, 0.29) is 29.4 Å². The molecule has 0 radical (unpaired) electrons. The summed E-state index contributed by atoms with van der Waals surface area (Å²) in [6.45, 7) is 6.67. The van der Waals surface area contributed by atoms with Crippen molar-refractivity contribution in [2.75, 3.05) is 24.8 Å². The van der Waals surface area contributed by atoms with E-state index in [1.165, 1.54) is 29.0 Å². The Kier molecular flexibility index (Phi) is 6.64. The van der Waals surface area contributed by atoms with Crippen LogP contribution in [0.15, 0.2) is 42.6 Å². The number of anilines is 1. The molecule has 0 unspecified atom stereocenters. The van der Waals surface area contributed by atoms with Gasteiger partial charge in [0.05, 0.1) is 19.8 Å². The third-order valence-electron chi connectivity index (χ3n) is 6.62. The van der Waals surface area contributed by atoms with Crippen LogP contribution in [0.4, 0.5) is 5.69 Å². The van der Waals surface area contributed by atoms with Gasteiger partial charge in [0.25, 0.3) is 0 Å². The molecule has 2 aliphatic rings. The second kappa shape index (κ2) is 9.24. The summed E-state index contributed by atoms with van der Waals surface area (Å²) in [7, 11) is -1.59. The van der Waals surface area contributed by atoms with Crippen molar-refractivity contribution < 1.29 is 22.7 Å². The Hall–Kier alpha value is -2.97. The van der Waals surface area contributed by atoms with E-state index < -0.39 is 10.0 Å². The van der Waals surface area contributed by atoms with Gasteiger partial charge in [0.1, 0.15) is 5.75 Å². The van der Waals surface area contributed by atoms with Crippen LogP contribution in [0, 0.1) is 0 Å². The molecule has 7 nitrogen and oxygen atoms in total. The van der Waals surface area contributed by atoms with Crippen LogP contribution < -0.4 is 14.4 Å². The number of allylic oxidation sites excluding steroid dienone is 1. The monoisotopic (exact) mass is 496 g/mol. The van der Waals surface area contributed by atoms with Crippen molar-refractivity contribution in [3.63, 3.8) is 0 Å². The average Bonchev–Trinajstić information content (AvgIpc) is 3.18. The minimum atomic E-state index is -3.24. The Morgan fingerprint density at radius 3 is 2.51 bits per heavy atom. The highest BCUT2D eigenvalue weighted by atomic mass is 32.2. The Morgan fingerprint density at radius 1 is 1.14 bits per heavy atom. The van der Waals surface area contributed by atoms with E-state index in [1.807, 2.05) is 18.2 Å². The van der Waals surface area contributed by atoms with E-state index in [2.05, 4.69) is 37.6 Å². The van der Waals surface area contributed by atoms with Crippen LogP contribution in [0.3, 0.4) is 0 Å². The van der Waals surface area contributed by atoms with E-state index in [1.54, 1.807) is 7.11 Å². The maximum atomic E-state index is 12.7. The van der Waals surface area contributed by atoms with Crippen LogP contribution in [-0.2, 0) is 31.4 Å². The largest absolute Gasteiger partial charge is 0.496 e. The molecule has 1 amide bonds. The minimum Gasteiger partial charge on any atom is -0.496 e. The zero-order valence-electron chi connectivity index (χ0n) is 20.8. The molecule has 35 heavy (non-hydrogen) atoms. The van der Waals surface area contributed by atoms with E-state index in [0.29, 0.717) is 12.2 Å². The number of sulfonamides is 1. The number of benzene rings is 2. The Morgan fingerprint density at radius 2 is 1.89 bits per heavy atom. The molecule has 1 aliphatic carbocycles. The zero-order valence-corrected chi connectivity index (χ0v) is 21.7. The maximum Gasteiger partial charge on any atom is 0.238 e. The summed E-state index contributed by atoms with van der Waals surface area (Å²) in [6, 6.07) is 10.1. The van der Waals surface area contributed by atoms with Gasteiger partial charge in [0, 0.05) is 29.6 Å². The fourth-order valence-electron chi connectivity index (χ4n) is 4.85. The zero-order chi connectivity index (χ0) is 25.5. The normalized spacial score (nSPS) is 18.2. The van der Waals surface area contributed by atoms with Gasteiger partial charge >= 0.3 is 0 Å². The SMILES string of the molecule is COc1c(-c2ccc3c(c2)CC[C@@H]3CNS(C)(=O)=O)cc(N2C=CC(=O)CC2=O)cc1C(C)(C)C. The van der Waals surface area contributed by atoms with Gasteiger partial charge < -0.3 is 4.74 Å². The van der Waals surface area contributed by atoms with Crippen LogP contribution in [0.1, 0.15) is 56.2 Å². The van der Waals surface area contributed by atoms with Gasteiger partial charge in [-0.05, 0) is 59.1 Å². The third kappa shape index (κ3) is 5.33. The molecule has 0 spiro atoms. The van der Waals surface area contributed by atoms with Gasteiger partial charge in [-0.25, -0.2) is 13.1 Å². The van der Waals surface area contributed by atoms with Crippen LogP contribution in [0.25, 0.3) is 11.1 Å². The predicted octanol–water partition coefficient (Wildman–Crippen LogP) is 4.06. The van der Waals surface area contributed by atoms with Gasteiger partial charge in [0.15, 0.2) is 5.78 Å². The molecule has 0 fully saturated rings. The molecule has 0 saturated carbocycles. The lowest BCUT2D eigenvalue weighted by Crippen LogP contribution is -2.31. The highest BCUT2D eigenvalue weighted by Crippen LogP contribution is 2.44. The summed E-state index contributed by atoms with van der Waals surface area (Å²) in [4.78, 5) is 25.9. The number of rotatable bonds is 6. The Balaban J connectivity index is 1.80. The number of methoxy groups -OCH3 is 1. The molecular weight excluding hydrogens is 464 g/mol.